The van der Waals surface area contributed by atoms with Crippen LogP contribution in [0.25, 0.3) is 0 Å². The molecule has 1 aromatic heterocycles. The highest BCUT2D eigenvalue weighted by Gasteiger charge is 2.37. The molecule has 1 N–H and O–H groups in total. The Kier molecular flexibility index (Phi) is 5.45. The molecular weight excluding hydrogens is 416 g/mol. The van der Waals surface area contributed by atoms with Crippen LogP contribution in [0.2, 0.25) is 0 Å². The van der Waals surface area contributed by atoms with E-state index in [2.05, 4.69) is 21.8 Å². The Bertz CT molecular complexity index is 1130. The van der Waals surface area contributed by atoms with Crippen LogP contribution >= 0.6 is 0 Å². The summed E-state index contributed by atoms with van der Waals surface area (Å²) >= 11 is 0. The second kappa shape index (κ2) is 8.26. The molecule has 164 valence electrons. The van der Waals surface area contributed by atoms with Crippen LogP contribution in [0.15, 0.2) is 58.0 Å². The standard InChI is InChI=1S/C23H26N2O5S/c26-22-10-20(13-25-11-17-3-1-2-4-18(17)12-25)29-15-23(22)30-14-16-5-6-19(9-16)24-31(27,28)21-7-8-21/h1-6,10,15-16,19,21,24H,7-9,11-14H2/t16?,19-/m1/s1. The first-order valence-corrected chi connectivity index (χ1v) is 12.2. The zero-order valence-electron chi connectivity index (χ0n) is 17.2. The van der Waals surface area contributed by atoms with E-state index in [9.17, 15) is 13.2 Å². The average Bonchev–Trinajstić information content (AvgIpc) is 3.40. The number of hydrogen-bond acceptors (Lipinski definition) is 6. The van der Waals surface area contributed by atoms with Crippen molar-refractivity contribution < 1.29 is 17.6 Å². The van der Waals surface area contributed by atoms with E-state index in [1.807, 2.05) is 24.3 Å². The zero-order chi connectivity index (χ0) is 21.4. The quantitative estimate of drug-likeness (QED) is 0.632. The van der Waals surface area contributed by atoms with Crippen molar-refractivity contribution in [2.75, 3.05) is 6.61 Å². The van der Waals surface area contributed by atoms with Crippen molar-refractivity contribution in [3.8, 4) is 5.75 Å². The molecule has 1 saturated carbocycles. The predicted octanol–water partition coefficient (Wildman–Crippen LogP) is 2.56. The Morgan fingerprint density at radius 3 is 2.55 bits per heavy atom. The Hall–Kier alpha value is -2.42. The lowest BCUT2D eigenvalue weighted by Crippen LogP contribution is -2.35. The lowest BCUT2D eigenvalue weighted by molar-refractivity contribution is 0.236. The molecule has 2 aromatic rings. The van der Waals surface area contributed by atoms with Crippen molar-refractivity contribution in [1.82, 2.24) is 9.62 Å². The van der Waals surface area contributed by atoms with Crippen molar-refractivity contribution in [1.29, 1.82) is 0 Å². The zero-order valence-corrected chi connectivity index (χ0v) is 18.0. The summed E-state index contributed by atoms with van der Waals surface area (Å²) < 4.78 is 38.2. The van der Waals surface area contributed by atoms with Crippen LogP contribution in [0.4, 0.5) is 0 Å². The van der Waals surface area contributed by atoms with Gasteiger partial charge in [0.2, 0.25) is 21.2 Å². The second-order valence-electron chi connectivity index (χ2n) is 8.65. The van der Waals surface area contributed by atoms with E-state index in [4.69, 9.17) is 9.15 Å². The molecule has 2 heterocycles. The van der Waals surface area contributed by atoms with Gasteiger partial charge in [0.25, 0.3) is 0 Å². The maximum absolute atomic E-state index is 12.5. The van der Waals surface area contributed by atoms with Gasteiger partial charge in [0.1, 0.15) is 12.0 Å². The monoisotopic (exact) mass is 442 g/mol. The maximum atomic E-state index is 12.5. The van der Waals surface area contributed by atoms with E-state index in [1.54, 1.807) is 0 Å². The highest BCUT2D eigenvalue weighted by atomic mass is 32.2. The Morgan fingerprint density at radius 1 is 1.13 bits per heavy atom. The van der Waals surface area contributed by atoms with Gasteiger partial charge in [-0.25, -0.2) is 13.1 Å². The van der Waals surface area contributed by atoms with E-state index in [0.717, 1.165) is 25.9 Å². The molecule has 3 aliphatic rings. The normalized spacial score (nSPS) is 23.2. The van der Waals surface area contributed by atoms with Gasteiger partial charge in [0, 0.05) is 31.1 Å². The lowest BCUT2D eigenvalue weighted by Gasteiger charge is -2.15. The fourth-order valence-electron chi connectivity index (χ4n) is 4.23. The molecule has 2 atom stereocenters. The third-order valence-corrected chi connectivity index (χ3v) is 8.02. The third-order valence-electron chi connectivity index (χ3n) is 6.04. The minimum Gasteiger partial charge on any atom is -0.486 e. The van der Waals surface area contributed by atoms with Gasteiger partial charge in [-0.15, -0.1) is 0 Å². The molecule has 1 aromatic carbocycles. The molecule has 2 aliphatic carbocycles. The summed E-state index contributed by atoms with van der Waals surface area (Å²) in [5.41, 5.74) is 2.42. The maximum Gasteiger partial charge on any atom is 0.227 e. The first-order chi connectivity index (χ1) is 15.0. The second-order valence-corrected chi connectivity index (χ2v) is 10.6. The molecule has 0 radical (unpaired) electrons. The molecule has 1 unspecified atom stereocenters. The highest BCUT2D eigenvalue weighted by molar-refractivity contribution is 7.90. The van der Waals surface area contributed by atoms with Crippen LogP contribution in [-0.4, -0.2) is 31.2 Å². The summed E-state index contributed by atoms with van der Waals surface area (Å²) in [4.78, 5) is 14.7. The molecule has 0 spiro atoms. The molecule has 0 bridgehead atoms. The van der Waals surface area contributed by atoms with Crippen molar-refractivity contribution in [3.05, 3.63) is 75.9 Å². The summed E-state index contributed by atoms with van der Waals surface area (Å²) in [6.07, 6.45) is 7.32. The highest BCUT2D eigenvalue weighted by Crippen LogP contribution is 2.29. The van der Waals surface area contributed by atoms with Crippen LogP contribution in [0.5, 0.6) is 5.75 Å². The number of ether oxygens (including phenoxy) is 1. The first kappa shape index (κ1) is 20.5. The molecule has 7 nitrogen and oxygen atoms in total. The Morgan fingerprint density at radius 2 is 1.87 bits per heavy atom. The van der Waals surface area contributed by atoms with Crippen LogP contribution in [0, 0.1) is 5.92 Å². The largest absolute Gasteiger partial charge is 0.486 e. The number of hydrogen-bond donors (Lipinski definition) is 1. The van der Waals surface area contributed by atoms with E-state index >= 15 is 0 Å². The molecule has 1 fully saturated rings. The van der Waals surface area contributed by atoms with Crippen molar-refractivity contribution in [3.63, 3.8) is 0 Å². The predicted molar refractivity (Wildman–Crippen MR) is 116 cm³/mol. The number of nitrogens with zero attached hydrogens (tertiary/aromatic N) is 1. The van der Waals surface area contributed by atoms with Gasteiger partial charge in [0.05, 0.1) is 18.4 Å². The molecule has 0 amide bonds. The van der Waals surface area contributed by atoms with Gasteiger partial charge in [-0.2, -0.15) is 0 Å². The van der Waals surface area contributed by atoms with Gasteiger partial charge in [-0.05, 0) is 30.4 Å². The lowest BCUT2D eigenvalue weighted by atomic mass is 10.1. The SMILES string of the molecule is O=c1cc(CN2Cc3ccccc3C2)occ1OCC1C=C[C@@H](NS(=O)(=O)C2CC2)C1. The number of benzene rings is 1. The summed E-state index contributed by atoms with van der Waals surface area (Å²) in [6.45, 7) is 2.57. The van der Waals surface area contributed by atoms with Gasteiger partial charge in [-0.1, -0.05) is 36.4 Å². The van der Waals surface area contributed by atoms with Gasteiger partial charge in [0.15, 0.2) is 0 Å². The number of nitrogens with one attached hydrogen (secondary N) is 1. The van der Waals surface area contributed by atoms with E-state index < -0.39 is 10.0 Å². The van der Waals surface area contributed by atoms with E-state index in [1.165, 1.54) is 23.5 Å². The summed E-state index contributed by atoms with van der Waals surface area (Å²) in [5.74, 6) is 0.846. The summed E-state index contributed by atoms with van der Waals surface area (Å²) in [6, 6.07) is 9.62. The average molecular weight is 443 g/mol. The van der Waals surface area contributed by atoms with Crippen LogP contribution < -0.4 is 14.9 Å². The van der Waals surface area contributed by atoms with Crippen molar-refractivity contribution in [2.45, 2.75) is 50.2 Å². The van der Waals surface area contributed by atoms with Gasteiger partial charge in [-0.3, -0.25) is 9.69 Å². The fraction of sp³-hybridized carbons (Fsp3) is 0.435. The van der Waals surface area contributed by atoms with Crippen LogP contribution in [0.1, 0.15) is 36.1 Å². The van der Waals surface area contributed by atoms with Gasteiger partial charge >= 0.3 is 0 Å². The molecular formula is C23H26N2O5S. The number of fused-ring (bicyclic) bond motifs is 1. The molecule has 1 aliphatic heterocycles. The summed E-state index contributed by atoms with van der Waals surface area (Å²) in [7, 11) is -3.21. The Balaban J connectivity index is 1.12. The molecule has 5 rings (SSSR count). The van der Waals surface area contributed by atoms with Crippen molar-refractivity contribution in [2.24, 2.45) is 5.92 Å². The fourth-order valence-corrected chi connectivity index (χ4v) is 5.78. The van der Waals surface area contributed by atoms with Gasteiger partial charge < -0.3 is 9.15 Å². The van der Waals surface area contributed by atoms with E-state index in [-0.39, 0.29) is 28.4 Å². The molecule has 31 heavy (non-hydrogen) atoms. The number of sulfonamides is 1. The van der Waals surface area contributed by atoms with Crippen molar-refractivity contribution >= 4 is 10.0 Å². The molecule has 8 heteroatoms. The van der Waals surface area contributed by atoms with Crippen LogP contribution in [-0.2, 0) is 29.7 Å². The first-order valence-electron chi connectivity index (χ1n) is 10.7. The minimum atomic E-state index is -3.21. The smallest absolute Gasteiger partial charge is 0.227 e. The Labute approximate surface area is 181 Å². The number of rotatable bonds is 8. The topological polar surface area (TPSA) is 88.8 Å². The minimum absolute atomic E-state index is 0.0501. The third kappa shape index (κ3) is 4.76. The molecule has 0 saturated heterocycles. The summed E-state index contributed by atoms with van der Waals surface area (Å²) in [5, 5.41) is -0.228. The van der Waals surface area contributed by atoms with E-state index in [0.29, 0.717) is 25.3 Å². The van der Waals surface area contributed by atoms with Crippen LogP contribution in [0.3, 0.4) is 0 Å².